The Bertz CT molecular complexity index is 811. The van der Waals surface area contributed by atoms with Gasteiger partial charge in [0.15, 0.2) is 0 Å². The molecule has 1 heterocycles. The molecule has 24 heavy (non-hydrogen) atoms. The van der Waals surface area contributed by atoms with E-state index in [2.05, 4.69) is 15.9 Å². The van der Waals surface area contributed by atoms with Gasteiger partial charge in [-0.3, -0.25) is 9.69 Å². The summed E-state index contributed by atoms with van der Waals surface area (Å²) in [6.45, 7) is 0. The van der Waals surface area contributed by atoms with Crippen molar-refractivity contribution >= 4 is 43.0 Å². The molecule has 0 fully saturated rings. The van der Waals surface area contributed by atoms with Crippen LogP contribution in [0, 0.1) is 0 Å². The number of rotatable bonds is 5. The molecule has 0 aromatic heterocycles. The summed E-state index contributed by atoms with van der Waals surface area (Å²) in [5, 5.41) is 0.925. The van der Waals surface area contributed by atoms with Gasteiger partial charge in [0.25, 0.3) is 0 Å². The normalized spacial score (nSPS) is 14.8. The first-order valence-electron chi connectivity index (χ1n) is 7.89. The molecule has 0 bridgehead atoms. The van der Waals surface area contributed by atoms with Crippen molar-refractivity contribution < 1.29 is 13.2 Å². The van der Waals surface area contributed by atoms with E-state index in [9.17, 15) is 13.2 Å². The van der Waals surface area contributed by atoms with Gasteiger partial charge in [0.1, 0.15) is 0 Å². The molecule has 6 heteroatoms. The molecule has 1 amide bonds. The minimum Gasteiger partial charge on any atom is -0.278 e. The van der Waals surface area contributed by atoms with Crippen LogP contribution in [-0.4, -0.2) is 19.7 Å². The van der Waals surface area contributed by atoms with E-state index in [0.717, 1.165) is 24.6 Å². The molecule has 0 unspecified atom stereocenters. The highest BCUT2D eigenvalue weighted by molar-refractivity contribution is 9.09. The Kier molecular flexibility index (Phi) is 5.06. The van der Waals surface area contributed by atoms with Crippen LogP contribution in [0.5, 0.6) is 0 Å². The number of benzene rings is 2. The average molecular weight is 408 g/mol. The van der Waals surface area contributed by atoms with Crippen LogP contribution in [0.4, 0.5) is 11.4 Å². The van der Waals surface area contributed by atoms with Gasteiger partial charge in [0.05, 0.1) is 21.2 Å². The number of alkyl halides is 1. The number of sulfone groups is 1. The highest BCUT2D eigenvalue weighted by Crippen LogP contribution is 2.44. The standard InChI is InChI=1S/C18H18BrNO3S/c19-13-7-1-2-12-18(21)20-14-8-3-5-10-16(14)24(22,23)17-11-6-4-9-15(17)20/h3-6,8-11H,1-2,7,12-13H2. The predicted molar refractivity (Wildman–Crippen MR) is 97.7 cm³/mol. The highest BCUT2D eigenvalue weighted by atomic mass is 79.9. The lowest BCUT2D eigenvalue weighted by atomic mass is 10.1. The van der Waals surface area contributed by atoms with Gasteiger partial charge >= 0.3 is 0 Å². The van der Waals surface area contributed by atoms with Crippen LogP contribution < -0.4 is 4.90 Å². The molecule has 1 aliphatic heterocycles. The number of hydrogen-bond acceptors (Lipinski definition) is 3. The molecule has 0 saturated carbocycles. The zero-order chi connectivity index (χ0) is 17.2. The van der Waals surface area contributed by atoms with Gasteiger partial charge in [-0.05, 0) is 37.1 Å². The number of unbranched alkanes of at least 4 members (excludes halogenated alkanes) is 2. The van der Waals surface area contributed by atoms with E-state index in [0.29, 0.717) is 17.8 Å². The number of para-hydroxylation sites is 2. The van der Waals surface area contributed by atoms with Crippen molar-refractivity contribution in [2.45, 2.75) is 35.5 Å². The number of halogens is 1. The van der Waals surface area contributed by atoms with Gasteiger partial charge in [-0.1, -0.05) is 46.6 Å². The highest BCUT2D eigenvalue weighted by Gasteiger charge is 2.36. The Morgan fingerprint density at radius 1 is 0.875 bits per heavy atom. The number of hydrogen-bond donors (Lipinski definition) is 0. The molecule has 2 aromatic rings. The van der Waals surface area contributed by atoms with Crippen LogP contribution >= 0.6 is 15.9 Å². The third-order valence-electron chi connectivity index (χ3n) is 4.07. The molecule has 0 radical (unpaired) electrons. The van der Waals surface area contributed by atoms with Gasteiger partial charge in [-0.2, -0.15) is 0 Å². The smallest absolute Gasteiger partial charge is 0.231 e. The second kappa shape index (κ2) is 7.07. The topological polar surface area (TPSA) is 54.5 Å². The third kappa shape index (κ3) is 3.00. The predicted octanol–water partition coefficient (Wildman–Crippen LogP) is 4.45. The second-order valence-electron chi connectivity index (χ2n) is 5.67. The number of fused-ring (bicyclic) bond motifs is 2. The summed E-state index contributed by atoms with van der Waals surface area (Å²) in [7, 11) is -3.60. The largest absolute Gasteiger partial charge is 0.278 e. The number of amides is 1. The maximum absolute atomic E-state index is 12.8. The van der Waals surface area contributed by atoms with Crippen molar-refractivity contribution in [2.75, 3.05) is 10.2 Å². The van der Waals surface area contributed by atoms with Crippen LogP contribution in [0.2, 0.25) is 0 Å². The molecule has 1 aliphatic rings. The van der Waals surface area contributed by atoms with Crippen LogP contribution in [0.3, 0.4) is 0 Å². The van der Waals surface area contributed by atoms with Crippen LogP contribution in [-0.2, 0) is 14.6 Å². The van der Waals surface area contributed by atoms with Crippen molar-refractivity contribution in [3.05, 3.63) is 48.5 Å². The Balaban J connectivity index is 2.03. The summed E-state index contributed by atoms with van der Waals surface area (Å²) >= 11 is 3.39. The molecule has 3 rings (SSSR count). The van der Waals surface area contributed by atoms with Crippen molar-refractivity contribution in [1.82, 2.24) is 0 Å². The van der Waals surface area contributed by atoms with E-state index >= 15 is 0 Å². The second-order valence-corrected chi connectivity index (χ2v) is 8.35. The summed E-state index contributed by atoms with van der Waals surface area (Å²) < 4.78 is 25.6. The van der Waals surface area contributed by atoms with E-state index in [-0.39, 0.29) is 15.7 Å². The molecule has 2 aromatic carbocycles. The van der Waals surface area contributed by atoms with E-state index in [1.54, 1.807) is 53.4 Å². The maximum Gasteiger partial charge on any atom is 0.231 e. The van der Waals surface area contributed by atoms with Gasteiger partial charge < -0.3 is 0 Å². The monoisotopic (exact) mass is 407 g/mol. The molecule has 0 N–H and O–H groups in total. The SMILES string of the molecule is O=C(CCCCCBr)N1c2ccccc2S(=O)(=O)c2ccccc21. The third-order valence-corrected chi connectivity index (χ3v) is 6.47. The molecule has 0 atom stereocenters. The minimum absolute atomic E-state index is 0.0700. The lowest BCUT2D eigenvalue weighted by molar-refractivity contribution is -0.118. The Morgan fingerprint density at radius 2 is 1.42 bits per heavy atom. The number of anilines is 2. The van der Waals surface area contributed by atoms with Gasteiger partial charge in [-0.15, -0.1) is 0 Å². The summed E-state index contributed by atoms with van der Waals surface area (Å²) in [5.41, 5.74) is 0.892. The van der Waals surface area contributed by atoms with Crippen molar-refractivity contribution in [3.63, 3.8) is 0 Å². The first-order valence-corrected chi connectivity index (χ1v) is 10.5. The molecule has 4 nitrogen and oxygen atoms in total. The van der Waals surface area contributed by atoms with Crippen LogP contribution in [0.1, 0.15) is 25.7 Å². The Labute approximate surface area is 150 Å². The van der Waals surface area contributed by atoms with Gasteiger partial charge in [0, 0.05) is 11.8 Å². The van der Waals surface area contributed by atoms with Crippen LogP contribution in [0.15, 0.2) is 58.3 Å². The van der Waals surface area contributed by atoms with E-state index < -0.39 is 9.84 Å². The van der Waals surface area contributed by atoms with E-state index in [4.69, 9.17) is 0 Å². The Morgan fingerprint density at radius 3 is 1.96 bits per heavy atom. The Hall–Kier alpha value is -1.66. The molecule has 126 valence electrons. The van der Waals surface area contributed by atoms with Gasteiger partial charge in [0.2, 0.25) is 15.7 Å². The van der Waals surface area contributed by atoms with E-state index in [1.165, 1.54) is 0 Å². The lowest BCUT2D eigenvalue weighted by Crippen LogP contribution is -2.31. The first kappa shape index (κ1) is 17.2. The summed E-state index contributed by atoms with van der Waals surface area (Å²) in [6, 6.07) is 13.4. The first-order chi connectivity index (χ1) is 11.6. The summed E-state index contributed by atoms with van der Waals surface area (Å²) in [6.07, 6.45) is 3.18. The number of nitrogens with zero attached hydrogens (tertiary/aromatic N) is 1. The average Bonchev–Trinajstić information content (AvgIpc) is 2.59. The van der Waals surface area contributed by atoms with Crippen molar-refractivity contribution in [1.29, 1.82) is 0 Å². The lowest BCUT2D eigenvalue weighted by Gasteiger charge is -2.31. The fraction of sp³-hybridized carbons (Fsp3) is 0.278. The summed E-state index contributed by atoms with van der Waals surface area (Å²) in [4.78, 5) is 14.8. The quantitative estimate of drug-likeness (QED) is 0.543. The minimum atomic E-state index is -3.60. The zero-order valence-electron chi connectivity index (χ0n) is 13.1. The number of carbonyl (C=O) groups is 1. The van der Waals surface area contributed by atoms with Crippen molar-refractivity contribution in [3.8, 4) is 0 Å². The molecule has 0 aliphatic carbocycles. The molecule has 0 saturated heterocycles. The fourth-order valence-corrected chi connectivity index (χ4v) is 4.93. The van der Waals surface area contributed by atoms with Crippen molar-refractivity contribution in [2.24, 2.45) is 0 Å². The molecular formula is C18H18BrNO3S. The molecule has 0 spiro atoms. The van der Waals surface area contributed by atoms with E-state index in [1.807, 2.05) is 0 Å². The fourth-order valence-electron chi connectivity index (χ4n) is 2.91. The zero-order valence-corrected chi connectivity index (χ0v) is 15.5. The maximum atomic E-state index is 12.8. The molecular weight excluding hydrogens is 390 g/mol. The number of carbonyl (C=O) groups excluding carboxylic acids is 1. The van der Waals surface area contributed by atoms with Gasteiger partial charge in [-0.25, -0.2) is 8.42 Å². The van der Waals surface area contributed by atoms with Crippen LogP contribution in [0.25, 0.3) is 0 Å². The summed E-state index contributed by atoms with van der Waals surface area (Å²) in [5.74, 6) is -0.0700.